The van der Waals surface area contributed by atoms with Gasteiger partial charge in [-0.25, -0.2) is 4.79 Å². The molecule has 0 radical (unpaired) electrons. The van der Waals surface area contributed by atoms with Crippen LogP contribution in [0.3, 0.4) is 0 Å². The largest absolute Gasteiger partial charge is 0.232 e. The number of rotatable bonds is 1. The Morgan fingerprint density at radius 2 is 1.91 bits per heavy atom. The monoisotopic (exact) mass is 210 g/mol. The van der Waals surface area contributed by atoms with E-state index in [2.05, 4.69) is 15.9 Å². The molecule has 1 nitrogen and oxygen atoms in total. The summed E-state index contributed by atoms with van der Waals surface area (Å²) in [5, 5.41) is 0. The quantitative estimate of drug-likeness (QED) is 0.652. The van der Waals surface area contributed by atoms with Gasteiger partial charge in [-0.3, -0.25) is 0 Å². The molecule has 1 rings (SSSR count). The predicted molar refractivity (Wildman–Crippen MR) is 49.2 cm³/mol. The highest BCUT2D eigenvalue weighted by Gasteiger charge is 1.95. The summed E-state index contributed by atoms with van der Waals surface area (Å²) in [4.78, 5) is 10.2. The Kier molecular flexibility index (Phi) is 2.64. The molecule has 0 aliphatic carbocycles. The second-order valence-electron chi connectivity index (χ2n) is 2.28. The summed E-state index contributed by atoms with van der Waals surface area (Å²) in [5.74, 6) is 1.78. The van der Waals surface area contributed by atoms with E-state index in [1.54, 1.807) is 5.94 Å². The van der Waals surface area contributed by atoms with Gasteiger partial charge in [-0.05, 0) is 28.4 Å². The van der Waals surface area contributed by atoms with Crippen molar-refractivity contribution in [2.24, 2.45) is 0 Å². The van der Waals surface area contributed by atoms with Crippen LogP contribution in [0.25, 0.3) is 4.48 Å². The fourth-order valence-corrected chi connectivity index (χ4v) is 1.02. The summed E-state index contributed by atoms with van der Waals surface area (Å²) in [6.07, 6.45) is 0. The molecule has 0 saturated heterocycles. The lowest BCUT2D eigenvalue weighted by Gasteiger charge is -1.94. The lowest BCUT2D eigenvalue weighted by atomic mass is 10.1. The Morgan fingerprint density at radius 1 is 1.36 bits per heavy atom. The molecule has 0 heterocycles. The van der Waals surface area contributed by atoms with Crippen LogP contribution in [0.2, 0.25) is 0 Å². The summed E-state index contributed by atoms with van der Waals surface area (Å²) in [6, 6.07) is 7.66. The molecule has 0 unspecified atom stereocenters. The first-order valence-corrected chi connectivity index (χ1v) is 4.01. The lowest BCUT2D eigenvalue weighted by molar-refractivity contribution is 0.570. The molecular weight excluding hydrogens is 204 g/mol. The van der Waals surface area contributed by atoms with E-state index in [0.29, 0.717) is 4.48 Å². The average Bonchev–Trinajstić information content (AvgIpc) is 2.05. The van der Waals surface area contributed by atoms with Crippen LogP contribution >= 0.6 is 15.9 Å². The Labute approximate surface area is 73.9 Å². The maximum Gasteiger partial charge on any atom is 0.140 e. The van der Waals surface area contributed by atoms with Crippen LogP contribution in [0, 0.1) is 6.92 Å². The zero-order chi connectivity index (χ0) is 8.27. The van der Waals surface area contributed by atoms with Crippen molar-refractivity contribution in [1.82, 2.24) is 0 Å². The lowest BCUT2D eigenvalue weighted by Crippen LogP contribution is -1.77. The van der Waals surface area contributed by atoms with Gasteiger partial charge in [0.2, 0.25) is 0 Å². The van der Waals surface area contributed by atoms with Gasteiger partial charge in [-0.15, -0.1) is 0 Å². The molecule has 2 heteroatoms. The molecule has 0 aliphatic rings. The van der Waals surface area contributed by atoms with Crippen LogP contribution in [-0.2, 0) is 4.79 Å². The highest BCUT2D eigenvalue weighted by Crippen LogP contribution is 2.17. The number of aryl methyl sites for hydroxylation is 1. The number of halogens is 1. The fourth-order valence-electron chi connectivity index (χ4n) is 0.759. The second-order valence-corrected chi connectivity index (χ2v) is 3.08. The summed E-state index contributed by atoms with van der Waals surface area (Å²) in [7, 11) is 0. The molecule has 0 amide bonds. The molecule has 0 aliphatic heterocycles. The Hall–Kier alpha value is -0.850. The Balaban J connectivity index is 3.08. The Bertz CT molecular complexity index is 294. The summed E-state index contributed by atoms with van der Waals surface area (Å²) >= 11 is 3.10. The smallest absolute Gasteiger partial charge is 0.140 e. The average molecular weight is 211 g/mol. The Morgan fingerprint density at radius 3 is 2.36 bits per heavy atom. The van der Waals surface area contributed by atoms with Crippen molar-refractivity contribution in [2.75, 3.05) is 0 Å². The van der Waals surface area contributed by atoms with Crippen molar-refractivity contribution in [2.45, 2.75) is 6.92 Å². The third-order valence-corrected chi connectivity index (χ3v) is 2.01. The maximum atomic E-state index is 10.2. The molecule has 0 aromatic heterocycles. The van der Waals surface area contributed by atoms with Gasteiger partial charge in [0.15, 0.2) is 0 Å². The van der Waals surface area contributed by atoms with Crippen molar-refractivity contribution in [1.29, 1.82) is 0 Å². The number of benzene rings is 1. The van der Waals surface area contributed by atoms with Crippen molar-refractivity contribution >= 4 is 26.4 Å². The number of hydrogen-bond donors (Lipinski definition) is 0. The van der Waals surface area contributed by atoms with Crippen LogP contribution < -0.4 is 0 Å². The van der Waals surface area contributed by atoms with Crippen molar-refractivity contribution in [3.63, 3.8) is 0 Å². The van der Waals surface area contributed by atoms with Crippen LogP contribution in [0.5, 0.6) is 0 Å². The standard InChI is InChI=1S/C9H7BrO/c1-7-2-4-8(5-3-7)9(10)6-11/h2-5H,1H3. The highest BCUT2D eigenvalue weighted by atomic mass is 79.9. The zero-order valence-electron chi connectivity index (χ0n) is 6.10. The minimum absolute atomic E-state index is 0.470. The minimum Gasteiger partial charge on any atom is -0.232 e. The van der Waals surface area contributed by atoms with Crippen molar-refractivity contribution in [3.05, 3.63) is 35.4 Å². The van der Waals surface area contributed by atoms with Gasteiger partial charge in [0.25, 0.3) is 0 Å². The van der Waals surface area contributed by atoms with E-state index in [1.807, 2.05) is 31.2 Å². The van der Waals surface area contributed by atoms with Gasteiger partial charge in [0.05, 0.1) is 0 Å². The van der Waals surface area contributed by atoms with E-state index in [-0.39, 0.29) is 0 Å². The molecule has 0 spiro atoms. The zero-order valence-corrected chi connectivity index (χ0v) is 7.68. The molecule has 0 N–H and O–H groups in total. The summed E-state index contributed by atoms with van der Waals surface area (Å²) in [5.41, 5.74) is 2.05. The van der Waals surface area contributed by atoms with Crippen molar-refractivity contribution < 1.29 is 4.79 Å². The molecule has 0 bridgehead atoms. The van der Waals surface area contributed by atoms with Gasteiger partial charge in [0.1, 0.15) is 10.4 Å². The fraction of sp³-hybridized carbons (Fsp3) is 0.111. The van der Waals surface area contributed by atoms with E-state index >= 15 is 0 Å². The molecule has 0 fully saturated rings. The van der Waals surface area contributed by atoms with Crippen LogP contribution in [0.4, 0.5) is 0 Å². The van der Waals surface area contributed by atoms with Gasteiger partial charge in [-0.2, -0.15) is 0 Å². The summed E-state index contributed by atoms with van der Waals surface area (Å²) < 4.78 is 0.470. The highest BCUT2D eigenvalue weighted by molar-refractivity contribution is 9.15. The molecule has 1 aromatic rings. The van der Waals surface area contributed by atoms with Gasteiger partial charge in [-0.1, -0.05) is 29.8 Å². The first kappa shape index (κ1) is 8.25. The normalized spacial score (nSPS) is 8.91. The van der Waals surface area contributed by atoms with E-state index in [0.717, 1.165) is 5.56 Å². The number of hydrogen-bond acceptors (Lipinski definition) is 1. The van der Waals surface area contributed by atoms with E-state index in [9.17, 15) is 4.79 Å². The van der Waals surface area contributed by atoms with Gasteiger partial charge in [0, 0.05) is 0 Å². The van der Waals surface area contributed by atoms with Gasteiger partial charge < -0.3 is 0 Å². The topological polar surface area (TPSA) is 17.1 Å². The van der Waals surface area contributed by atoms with Crippen LogP contribution in [0.15, 0.2) is 24.3 Å². The molecule has 0 saturated carbocycles. The van der Waals surface area contributed by atoms with Gasteiger partial charge >= 0.3 is 0 Å². The van der Waals surface area contributed by atoms with E-state index in [1.165, 1.54) is 5.56 Å². The maximum absolute atomic E-state index is 10.2. The first-order chi connectivity index (χ1) is 5.24. The summed E-state index contributed by atoms with van der Waals surface area (Å²) in [6.45, 7) is 2.00. The second kappa shape index (κ2) is 3.51. The van der Waals surface area contributed by atoms with E-state index in [4.69, 9.17) is 0 Å². The molecular formula is C9H7BrO. The molecule has 1 aromatic carbocycles. The molecule has 0 atom stereocenters. The third-order valence-electron chi connectivity index (χ3n) is 1.39. The molecule has 11 heavy (non-hydrogen) atoms. The van der Waals surface area contributed by atoms with Crippen LogP contribution in [0.1, 0.15) is 11.1 Å². The minimum atomic E-state index is 0.470. The SMILES string of the molecule is Cc1ccc(C(Br)=C=O)cc1. The van der Waals surface area contributed by atoms with Crippen LogP contribution in [-0.4, -0.2) is 5.94 Å². The molecule has 56 valence electrons. The number of carbonyl (C=O) groups excluding carboxylic acids is 1. The third kappa shape index (κ3) is 2.04. The predicted octanol–water partition coefficient (Wildman–Crippen LogP) is 2.56. The first-order valence-electron chi connectivity index (χ1n) is 3.21. The van der Waals surface area contributed by atoms with E-state index < -0.39 is 0 Å². The van der Waals surface area contributed by atoms with Crippen molar-refractivity contribution in [3.8, 4) is 0 Å².